The largest absolute Gasteiger partial charge is 0.368 e. The first-order valence-electron chi connectivity index (χ1n) is 3.98. The average Bonchev–Trinajstić information content (AvgIpc) is 1.96. The zero-order valence-electron chi connectivity index (χ0n) is 6.80. The molecule has 0 unspecified atom stereocenters. The highest BCUT2D eigenvalue weighted by atomic mass is 16.5. The van der Waals surface area contributed by atoms with Crippen molar-refractivity contribution in [1.29, 1.82) is 0 Å². The van der Waals surface area contributed by atoms with Crippen LogP contribution in [0.1, 0.15) is 32.6 Å². The number of aliphatic imine (C=N–C) groups is 1. The van der Waals surface area contributed by atoms with E-state index in [1.54, 1.807) is 0 Å². The fourth-order valence-corrected chi connectivity index (χ4v) is 1.41. The number of nitrogens with one attached hydrogen (secondary N) is 1. The lowest BCUT2D eigenvalue weighted by Crippen LogP contribution is -2.40. The summed E-state index contributed by atoms with van der Waals surface area (Å²) in [5.74, 6) is 0.131. The molecule has 0 aromatic rings. The summed E-state index contributed by atoms with van der Waals surface area (Å²) in [6, 6.07) is 0. The maximum atomic E-state index is 8.41. The molecule has 0 amide bonds. The van der Waals surface area contributed by atoms with Crippen LogP contribution in [0.25, 0.3) is 0 Å². The van der Waals surface area contributed by atoms with Gasteiger partial charge in [0, 0.05) is 0 Å². The van der Waals surface area contributed by atoms with Crippen LogP contribution in [0.2, 0.25) is 0 Å². The first-order chi connectivity index (χ1) is 5.22. The molecule has 4 nitrogen and oxygen atoms in total. The molecular formula is C7H15N3O. The normalized spacial score (nSPS) is 22.5. The molecule has 11 heavy (non-hydrogen) atoms. The second-order valence-corrected chi connectivity index (χ2v) is 3.04. The average molecular weight is 157 g/mol. The van der Waals surface area contributed by atoms with Crippen molar-refractivity contribution in [2.24, 2.45) is 10.7 Å². The van der Waals surface area contributed by atoms with E-state index in [0.29, 0.717) is 0 Å². The molecule has 0 radical (unpaired) electrons. The van der Waals surface area contributed by atoms with Gasteiger partial charge in [-0.2, -0.15) is 0 Å². The van der Waals surface area contributed by atoms with E-state index in [1.807, 2.05) is 5.48 Å². The first-order valence-corrected chi connectivity index (χ1v) is 3.98. The molecule has 64 valence electrons. The summed E-state index contributed by atoms with van der Waals surface area (Å²) in [5, 5.41) is 8.41. The van der Waals surface area contributed by atoms with Gasteiger partial charge in [0.1, 0.15) is 0 Å². The number of rotatable bonds is 2. The van der Waals surface area contributed by atoms with E-state index < -0.39 is 0 Å². The summed E-state index contributed by atoms with van der Waals surface area (Å²) in [7, 11) is 0. The molecule has 1 aliphatic carbocycles. The minimum atomic E-state index is 0.0276. The summed E-state index contributed by atoms with van der Waals surface area (Å²) in [5.41, 5.74) is 7.21. The molecule has 4 N–H and O–H groups in total. The van der Waals surface area contributed by atoms with E-state index in [0.717, 1.165) is 19.3 Å². The Hall–Kier alpha value is -0.770. The molecule has 1 saturated carbocycles. The van der Waals surface area contributed by atoms with Gasteiger partial charge < -0.3 is 5.73 Å². The molecule has 4 heteroatoms. The lowest BCUT2D eigenvalue weighted by molar-refractivity contribution is 0.215. The van der Waals surface area contributed by atoms with E-state index >= 15 is 0 Å². The van der Waals surface area contributed by atoms with Gasteiger partial charge in [-0.05, 0) is 25.7 Å². The van der Waals surface area contributed by atoms with Gasteiger partial charge in [-0.1, -0.05) is 6.92 Å². The molecule has 0 aromatic heterocycles. The predicted octanol–water partition coefficient (Wildman–Crippen LogP) is 0.613. The number of hydrogen-bond acceptors (Lipinski definition) is 2. The zero-order valence-corrected chi connectivity index (χ0v) is 6.80. The Balaban J connectivity index is 2.56. The van der Waals surface area contributed by atoms with Crippen LogP contribution in [0, 0.1) is 0 Å². The van der Waals surface area contributed by atoms with Crippen molar-refractivity contribution in [3.63, 3.8) is 0 Å². The second-order valence-electron chi connectivity index (χ2n) is 3.04. The highest BCUT2D eigenvalue weighted by Gasteiger charge is 2.34. The van der Waals surface area contributed by atoms with Crippen molar-refractivity contribution in [2.45, 2.75) is 38.1 Å². The summed E-state index contributed by atoms with van der Waals surface area (Å²) in [4.78, 5) is 4.18. The molecule has 0 saturated heterocycles. The van der Waals surface area contributed by atoms with Gasteiger partial charge in [-0.15, -0.1) is 0 Å². The molecular weight excluding hydrogens is 142 g/mol. The summed E-state index contributed by atoms with van der Waals surface area (Å²) < 4.78 is 0. The van der Waals surface area contributed by atoms with Gasteiger partial charge >= 0.3 is 0 Å². The number of nitrogens with zero attached hydrogens (tertiary/aromatic N) is 1. The Bertz CT molecular complexity index is 158. The minimum absolute atomic E-state index is 0.0276. The van der Waals surface area contributed by atoms with Gasteiger partial charge in [0.2, 0.25) is 5.96 Å². The molecule has 0 heterocycles. The predicted molar refractivity (Wildman–Crippen MR) is 43.4 cm³/mol. The number of guanidine groups is 1. The molecule has 1 aliphatic rings. The van der Waals surface area contributed by atoms with Crippen molar-refractivity contribution in [2.75, 3.05) is 0 Å². The standard InChI is InChI=1S/C7H15N3O/c1-2-7(4-3-5-7)9-6(8)10-11/h11H,2-5H2,1H3,(H3,8,9,10). The van der Waals surface area contributed by atoms with Crippen molar-refractivity contribution in [1.82, 2.24) is 5.48 Å². The quantitative estimate of drug-likeness (QED) is 0.312. The Morgan fingerprint density at radius 1 is 1.73 bits per heavy atom. The molecule has 0 aliphatic heterocycles. The van der Waals surface area contributed by atoms with Crippen LogP contribution in [0.5, 0.6) is 0 Å². The van der Waals surface area contributed by atoms with Gasteiger partial charge in [0.25, 0.3) is 0 Å². The first kappa shape index (κ1) is 8.33. The van der Waals surface area contributed by atoms with E-state index in [-0.39, 0.29) is 11.5 Å². The Labute approximate surface area is 66.5 Å². The lowest BCUT2D eigenvalue weighted by Gasteiger charge is -2.37. The smallest absolute Gasteiger partial charge is 0.213 e. The molecule has 1 fully saturated rings. The van der Waals surface area contributed by atoms with Crippen LogP contribution in [0.3, 0.4) is 0 Å². The van der Waals surface area contributed by atoms with Crippen LogP contribution >= 0.6 is 0 Å². The number of hydrogen-bond donors (Lipinski definition) is 3. The van der Waals surface area contributed by atoms with Gasteiger partial charge in [0.05, 0.1) is 5.54 Å². The lowest BCUT2D eigenvalue weighted by atomic mass is 9.75. The maximum Gasteiger partial charge on any atom is 0.213 e. The Morgan fingerprint density at radius 3 is 2.64 bits per heavy atom. The SMILES string of the molecule is CCC1(N=C(N)NO)CCC1. The van der Waals surface area contributed by atoms with Crippen molar-refractivity contribution >= 4 is 5.96 Å². The fourth-order valence-electron chi connectivity index (χ4n) is 1.41. The van der Waals surface area contributed by atoms with Gasteiger partial charge in [-0.3, -0.25) is 5.21 Å². The highest BCUT2D eigenvalue weighted by Crippen LogP contribution is 2.38. The van der Waals surface area contributed by atoms with E-state index in [2.05, 4.69) is 11.9 Å². The van der Waals surface area contributed by atoms with E-state index in [4.69, 9.17) is 10.9 Å². The molecule has 0 bridgehead atoms. The third kappa shape index (κ3) is 1.63. The molecule has 0 atom stereocenters. The Morgan fingerprint density at radius 2 is 2.36 bits per heavy atom. The third-order valence-corrected chi connectivity index (χ3v) is 2.41. The summed E-state index contributed by atoms with van der Waals surface area (Å²) >= 11 is 0. The van der Waals surface area contributed by atoms with Gasteiger partial charge in [0.15, 0.2) is 0 Å². The van der Waals surface area contributed by atoms with E-state index in [9.17, 15) is 0 Å². The second kappa shape index (κ2) is 3.09. The zero-order chi connectivity index (χ0) is 8.32. The number of nitrogens with two attached hydrogens (primary N) is 1. The monoisotopic (exact) mass is 157 g/mol. The molecule has 1 rings (SSSR count). The van der Waals surface area contributed by atoms with Crippen LogP contribution in [-0.4, -0.2) is 16.7 Å². The minimum Gasteiger partial charge on any atom is -0.368 e. The van der Waals surface area contributed by atoms with Crippen LogP contribution in [-0.2, 0) is 0 Å². The van der Waals surface area contributed by atoms with Crippen molar-refractivity contribution in [3.05, 3.63) is 0 Å². The van der Waals surface area contributed by atoms with Crippen LogP contribution in [0.15, 0.2) is 4.99 Å². The van der Waals surface area contributed by atoms with Crippen molar-refractivity contribution < 1.29 is 5.21 Å². The summed E-state index contributed by atoms with van der Waals surface area (Å²) in [6.45, 7) is 2.09. The van der Waals surface area contributed by atoms with Crippen LogP contribution in [0.4, 0.5) is 0 Å². The van der Waals surface area contributed by atoms with Crippen molar-refractivity contribution in [3.8, 4) is 0 Å². The number of hydroxylamine groups is 1. The molecule has 0 spiro atoms. The topological polar surface area (TPSA) is 70.6 Å². The summed E-state index contributed by atoms with van der Waals surface area (Å²) in [6.07, 6.45) is 4.39. The fraction of sp³-hybridized carbons (Fsp3) is 0.857. The Kier molecular flexibility index (Phi) is 2.34. The molecule has 0 aromatic carbocycles. The third-order valence-electron chi connectivity index (χ3n) is 2.41. The van der Waals surface area contributed by atoms with Gasteiger partial charge in [-0.25, -0.2) is 10.5 Å². The van der Waals surface area contributed by atoms with Crippen LogP contribution < -0.4 is 11.2 Å². The highest BCUT2D eigenvalue weighted by molar-refractivity contribution is 5.77. The van der Waals surface area contributed by atoms with E-state index in [1.165, 1.54) is 6.42 Å². The maximum absolute atomic E-state index is 8.41.